The van der Waals surface area contributed by atoms with E-state index in [-0.39, 0.29) is 5.82 Å². The van der Waals surface area contributed by atoms with E-state index in [1.165, 1.54) is 0 Å². The first kappa shape index (κ1) is 15.1. The molecule has 1 aliphatic rings. The molecular weight excluding hydrogens is 331 g/mol. The maximum absolute atomic E-state index is 15.1. The molecular formula is C20H17FN4O. The monoisotopic (exact) mass is 348 g/mol. The van der Waals surface area contributed by atoms with E-state index in [0.717, 1.165) is 46.4 Å². The first-order chi connectivity index (χ1) is 12.7. The van der Waals surface area contributed by atoms with Gasteiger partial charge in [0.25, 0.3) is 0 Å². The van der Waals surface area contributed by atoms with Gasteiger partial charge in [0.15, 0.2) is 5.82 Å². The maximum Gasteiger partial charge on any atom is 0.155 e. The van der Waals surface area contributed by atoms with Gasteiger partial charge in [-0.3, -0.25) is 9.98 Å². The smallest absolute Gasteiger partial charge is 0.155 e. The van der Waals surface area contributed by atoms with E-state index in [0.29, 0.717) is 17.5 Å². The van der Waals surface area contributed by atoms with Gasteiger partial charge in [-0.25, -0.2) is 4.39 Å². The fraction of sp³-hybridized carbons (Fsp3) is 0.200. The highest BCUT2D eigenvalue weighted by Gasteiger charge is 2.16. The zero-order chi connectivity index (χ0) is 17.7. The van der Waals surface area contributed by atoms with Gasteiger partial charge in [-0.05, 0) is 30.3 Å². The van der Waals surface area contributed by atoms with E-state index < -0.39 is 0 Å². The minimum atomic E-state index is -0.217. The fourth-order valence-corrected chi connectivity index (χ4v) is 3.65. The van der Waals surface area contributed by atoms with Crippen LogP contribution in [0.4, 0.5) is 4.39 Å². The van der Waals surface area contributed by atoms with Crippen LogP contribution < -0.4 is 10.1 Å². The second-order valence-corrected chi connectivity index (χ2v) is 6.47. The van der Waals surface area contributed by atoms with Crippen LogP contribution in [0.3, 0.4) is 0 Å². The van der Waals surface area contributed by atoms with Crippen molar-refractivity contribution in [1.29, 1.82) is 0 Å². The molecule has 1 N–H and O–H groups in total. The lowest BCUT2D eigenvalue weighted by Crippen LogP contribution is -2.24. The number of ether oxygens (including phenoxy) is 1. The molecule has 0 amide bonds. The Labute approximate surface area is 149 Å². The third-order valence-corrected chi connectivity index (χ3v) is 4.93. The SMILES string of the molecule is Cn1c2ccc(OCC3=NCCN3)cc2c2cc3cnccc3c(F)c21. The Morgan fingerprint density at radius 3 is 2.96 bits per heavy atom. The Morgan fingerprint density at radius 2 is 2.12 bits per heavy atom. The molecule has 0 unspecified atom stereocenters. The molecule has 0 saturated carbocycles. The number of pyridine rings is 1. The Hall–Kier alpha value is -3.15. The number of rotatable bonds is 3. The Balaban J connectivity index is 1.68. The second kappa shape index (κ2) is 5.69. The molecule has 26 heavy (non-hydrogen) atoms. The van der Waals surface area contributed by atoms with Gasteiger partial charge in [0.05, 0.1) is 12.1 Å². The predicted molar refractivity (Wildman–Crippen MR) is 101 cm³/mol. The standard InChI is InChI=1S/C20H17FN4O/c1-25-17-3-2-13(26-11-18-23-6-7-24-18)9-15(17)16-8-12-10-22-5-4-14(12)19(21)20(16)25/h2-5,8-10H,6-7,11H2,1H3,(H,23,24). The van der Waals surface area contributed by atoms with Crippen molar-refractivity contribution in [3.8, 4) is 5.75 Å². The number of hydrogen-bond acceptors (Lipinski definition) is 4. The molecule has 0 spiro atoms. The lowest BCUT2D eigenvalue weighted by atomic mass is 10.1. The third-order valence-electron chi connectivity index (χ3n) is 4.93. The van der Waals surface area contributed by atoms with Gasteiger partial charge in [0.1, 0.15) is 18.2 Å². The molecule has 130 valence electrons. The molecule has 1 aliphatic heterocycles. The van der Waals surface area contributed by atoms with Crippen molar-refractivity contribution < 1.29 is 9.13 Å². The summed E-state index contributed by atoms with van der Waals surface area (Å²) in [5.41, 5.74) is 1.56. The lowest BCUT2D eigenvalue weighted by Gasteiger charge is -2.07. The van der Waals surface area contributed by atoms with Gasteiger partial charge >= 0.3 is 0 Å². The van der Waals surface area contributed by atoms with Crippen LogP contribution in [0.1, 0.15) is 0 Å². The number of benzene rings is 2. The van der Waals surface area contributed by atoms with E-state index in [2.05, 4.69) is 15.3 Å². The van der Waals surface area contributed by atoms with Crippen molar-refractivity contribution in [2.24, 2.45) is 12.0 Å². The number of aromatic nitrogens is 2. The number of aliphatic imine (C=N–C) groups is 1. The highest BCUT2D eigenvalue weighted by Crippen LogP contribution is 2.35. The van der Waals surface area contributed by atoms with Crippen LogP contribution in [0.25, 0.3) is 32.6 Å². The summed E-state index contributed by atoms with van der Waals surface area (Å²) in [6, 6.07) is 9.56. The molecule has 5 nitrogen and oxygen atoms in total. The number of hydrogen-bond donors (Lipinski definition) is 1. The minimum Gasteiger partial charge on any atom is -0.486 e. The molecule has 0 aliphatic carbocycles. The first-order valence-electron chi connectivity index (χ1n) is 8.57. The normalized spacial score (nSPS) is 14.2. The summed E-state index contributed by atoms with van der Waals surface area (Å²) >= 11 is 0. The van der Waals surface area contributed by atoms with E-state index in [9.17, 15) is 0 Å². The minimum absolute atomic E-state index is 0.217. The number of amidine groups is 1. The highest BCUT2D eigenvalue weighted by atomic mass is 19.1. The van der Waals surface area contributed by atoms with Gasteiger partial charge in [-0.15, -0.1) is 0 Å². The summed E-state index contributed by atoms with van der Waals surface area (Å²) < 4.78 is 22.9. The van der Waals surface area contributed by atoms with E-state index in [1.54, 1.807) is 18.5 Å². The molecule has 0 radical (unpaired) electrons. The second-order valence-electron chi connectivity index (χ2n) is 6.47. The highest BCUT2D eigenvalue weighted by molar-refractivity contribution is 6.13. The maximum atomic E-state index is 15.1. The fourth-order valence-electron chi connectivity index (χ4n) is 3.65. The van der Waals surface area contributed by atoms with Crippen molar-refractivity contribution in [2.45, 2.75) is 0 Å². The number of nitrogens with zero attached hydrogens (tertiary/aromatic N) is 3. The van der Waals surface area contributed by atoms with Crippen LogP contribution in [0, 0.1) is 5.82 Å². The van der Waals surface area contributed by atoms with Gasteiger partial charge in [-0.2, -0.15) is 0 Å². The van der Waals surface area contributed by atoms with E-state index in [4.69, 9.17) is 4.74 Å². The van der Waals surface area contributed by atoms with Crippen LogP contribution in [0.5, 0.6) is 5.75 Å². The number of fused-ring (bicyclic) bond motifs is 4. The number of halogens is 1. The molecule has 5 rings (SSSR count). The van der Waals surface area contributed by atoms with Gasteiger partial charge in [-0.1, -0.05) is 0 Å². The number of nitrogens with one attached hydrogen (secondary N) is 1. The Kier molecular flexibility index (Phi) is 3.31. The van der Waals surface area contributed by atoms with Crippen molar-refractivity contribution in [1.82, 2.24) is 14.9 Å². The largest absolute Gasteiger partial charge is 0.486 e. The number of aryl methyl sites for hydroxylation is 1. The molecule has 6 heteroatoms. The summed E-state index contributed by atoms with van der Waals surface area (Å²) in [6.07, 6.45) is 3.31. The molecule has 3 heterocycles. The lowest BCUT2D eigenvalue weighted by molar-refractivity contribution is 0.374. The van der Waals surface area contributed by atoms with Gasteiger partial charge in [0, 0.05) is 53.0 Å². The van der Waals surface area contributed by atoms with Gasteiger partial charge in [0.2, 0.25) is 0 Å². The van der Waals surface area contributed by atoms with Gasteiger partial charge < -0.3 is 14.6 Å². The zero-order valence-corrected chi connectivity index (χ0v) is 14.3. The molecule has 0 saturated heterocycles. The van der Waals surface area contributed by atoms with Crippen molar-refractivity contribution in [3.63, 3.8) is 0 Å². The molecule has 2 aromatic carbocycles. The van der Waals surface area contributed by atoms with Crippen molar-refractivity contribution in [2.75, 3.05) is 19.7 Å². The van der Waals surface area contributed by atoms with E-state index in [1.807, 2.05) is 35.9 Å². The average Bonchev–Trinajstić information content (AvgIpc) is 3.28. The van der Waals surface area contributed by atoms with Crippen LogP contribution in [-0.4, -0.2) is 35.1 Å². The first-order valence-corrected chi connectivity index (χ1v) is 8.57. The topological polar surface area (TPSA) is 51.4 Å². The molecule has 0 atom stereocenters. The Morgan fingerprint density at radius 1 is 1.19 bits per heavy atom. The quantitative estimate of drug-likeness (QED) is 0.617. The zero-order valence-electron chi connectivity index (χ0n) is 14.3. The molecule has 0 bridgehead atoms. The molecule has 4 aromatic rings. The predicted octanol–water partition coefficient (Wildman–Crippen LogP) is 3.40. The molecule has 2 aromatic heterocycles. The van der Waals surface area contributed by atoms with Crippen LogP contribution in [0.15, 0.2) is 47.7 Å². The van der Waals surface area contributed by atoms with E-state index >= 15 is 4.39 Å². The third kappa shape index (κ3) is 2.22. The summed E-state index contributed by atoms with van der Waals surface area (Å²) in [4.78, 5) is 8.45. The summed E-state index contributed by atoms with van der Waals surface area (Å²) in [5.74, 6) is 1.39. The Bertz CT molecular complexity index is 1200. The summed E-state index contributed by atoms with van der Waals surface area (Å²) in [7, 11) is 1.89. The summed E-state index contributed by atoms with van der Waals surface area (Å²) in [6.45, 7) is 2.07. The molecule has 0 fully saturated rings. The van der Waals surface area contributed by atoms with Crippen LogP contribution in [0.2, 0.25) is 0 Å². The van der Waals surface area contributed by atoms with Crippen molar-refractivity contribution >= 4 is 38.4 Å². The van der Waals surface area contributed by atoms with Crippen LogP contribution >= 0.6 is 0 Å². The summed E-state index contributed by atoms with van der Waals surface area (Å²) in [5, 5.41) is 6.39. The average molecular weight is 348 g/mol. The van der Waals surface area contributed by atoms with Crippen LogP contribution in [-0.2, 0) is 7.05 Å². The van der Waals surface area contributed by atoms with Crippen molar-refractivity contribution in [3.05, 3.63) is 48.5 Å².